The number of nitrogens with one attached hydrogen (secondary N) is 1. The highest BCUT2D eigenvalue weighted by atomic mass is 32.2. The van der Waals surface area contributed by atoms with Crippen LogP contribution in [0.1, 0.15) is 30.1 Å². The van der Waals surface area contributed by atoms with E-state index in [9.17, 15) is 28.1 Å². The molecule has 0 aromatic heterocycles. The average Bonchev–Trinajstić information content (AvgIpc) is 2.76. The zero-order valence-corrected chi connectivity index (χ0v) is 18.7. The van der Waals surface area contributed by atoms with Gasteiger partial charge in [-0.15, -0.1) is 0 Å². The number of carbonyl (C=O) groups is 2. The van der Waals surface area contributed by atoms with Gasteiger partial charge in [-0.05, 0) is 49.1 Å². The molecule has 33 heavy (non-hydrogen) atoms. The van der Waals surface area contributed by atoms with E-state index in [0.717, 1.165) is 18.9 Å². The van der Waals surface area contributed by atoms with Crippen LogP contribution in [0.25, 0.3) is 0 Å². The number of piperidine rings is 1. The van der Waals surface area contributed by atoms with Gasteiger partial charge >= 0.3 is 5.97 Å². The first-order valence-electron chi connectivity index (χ1n) is 10.2. The highest BCUT2D eigenvalue weighted by molar-refractivity contribution is 7.89. The smallest absolute Gasteiger partial charge is 0.338 e. The number of amides is 1. The van der Waals surface area contributed by atoms with Crippen LogP contribution in [0.15, 0.2) is 47.4 Å². The number of rotatable bonds is 7. The Bertz CT molecular complexity index is 1180. The number of benzene rings is 2. The average molecular weight is 477 g/mol. The quantitative estimate of drug-likeness (QED) is 0.349. The maximum atomic E-state index is 12.4. The number of anilines is 2. The van der Waals surface area contributed by atoms with Crippen molar-refractivity contribution in [2.24, 2.45) is 11.1 Å². The molecule has 1 unspecified atom stereocenters. The third-order valence-electron chi connectivity index (χ3n) is 5.19. The van der Waals surface area contributed by atoms with E-state index in [-0.39, 0.29) is 21.8 Å². The summed E-state index contributed by atoms with van der Waals surface area (Å²) in [6.45, 7) is 2.80. The lowest BCUT2D eigenvalue weighted by Gasteiger charge is -2.32. The summed E-state index contributed by atoms with van der Waals surface area (Å²) in [5.41, 5.74) is 0.330. The Labute approximate surface area is 190 Å². The van der Waals surface area contributed by atoms with E-state index in [4.69, 9.17) is 9.88 Å². The number of sulfonamides is 1. The molecular formula is C21H24N4O7S. The zero-order valence-electron chi connectivity index (χ0n) is 17.9. The van der Waals surface area contributed by atoms with Crippen LogP contribution in [-0.2, 0) is 19.6 Å². The van der Waals surface area contributed by atoms with Crippen LogP contribution in [0, 0.1) is 16.0 Å². The second-order valence-corrected chi connectivity index (χ2v) is 9.41. The second-order valence-electron chi connectivity index (χ2n) is 7.85. The van der Waals surface area contributed by atoms with Gasteiger partial charge in [0.25, 0.3) is 11.6 Å². The molecule has 1 aliphatic rings. The van der Waals surface area contributed by atoms with Gasteiger partial charge in [0.05, 0.1) is 15.4 Å². The second kappa shape index (κ2) is 9.96. The van der Waals surface area contributed by atoms with Crippen LogP contribution in [0.5, 0.6) is 0 Å². The highest BCUT2D eigenvalue weighted by Crippen LogP contribution is 2.32. The van der Waals surface area contributed by atoms with E-state index >= 15 is 0 Å². The molecule has 11 nitrogen and oxygen atoms in total. The molecule has 0 bridgehead atoms. The van der Waals surface area contributed by atoms with E-state index in [0.29, 0.717) is 24.7 Å². The largest absolute Gasteiger partial charge is 0.452 e. The van der Waals surface area contributed by atoms with Crippen molar-refractivity contribution in [3.63, 3.8) is 0 Å². The minimum Gasteiger partial charge on any atom is -0.452 e. The van der Waals surface area contributed by atoms with E-state index in [1.165, 1.54) is 36.4 Å². The molecule has 3 rings (SSSR count). The first-order valence-corrected chi connectivity index (χ1v) is 11.7. The summed E-state index contributed by atoms with van der Waals surface area (Å²) >= 11 is 0. The molecule has 2 aromatic rings. The predicted octanol–water partition coefficient (Wildman–Crippen LogP) is 2.27. The minimum absolute atomic E-state index is 0.0560. The molecule has 1 aliphatic heterocycles. The lowest BCUT2D eigenvalue weighted by molar-refractivity contribution is -0.384. The molecule has 0 saturated carbocycles. The number of primary sulfonamides is 1. The number of nitrogens with zero attached hydrogens (tertiary/aromatic N) is 2. The molecule has 176 valence electrons. The minimum atomic E-state index is -3.94. The molecule has 2 aromatic carbocycles. The Morgan fingerprint density at radius 2 is 2.03 bits per heavy atom. The van der Waals surface area contributed by atoms with E-state index < -0.39 is 33.4 Å². The van der Waals surface area contributed by atoms with Crippen molar-refractivity contribution in [3.05, 3.63) is 58.1 Å². The monoisotopic (exact) mass is 476 g/mol. The van der Waals surface area contributed by atoms with Gasteiger partial charge in [0, 0.05) is 24.8 Å². The van der Waals surface area contributed by atoms with Crippen molar-refractivity contribution in [2.45, 2.75) is 24.7 Å². The summed E-state index contributed by atoms with van der Waals surface area (Å²) in [6, 6.07) is 9.36. The highest BCUT2D eigenvalue weighted by Gasteiger charge is 2.25. The molecule has 3 N–H and O–H groups in total. The number of nitro benzene ring substituents is 1. The van der Waals surface area contributed by atoms with Gasteiger partial charge in [-0.25, -0.2) is 18.4 Å². The first kappa shape index (κ1) is 24.1. The Morgan fingerprint density at radius 1 is 1.27 bits per heavy atom. The fraction of sp³-hybridized carbons (Fsp3) is 0.333. The van der Waals surface area contributed by atoms with Crippen LogP contribution in [0.2, 0.25) is 0 Å². The number of hydrogen-bond donors (Lipinski definition) is 2. The number of ether oxygens (including phenoxy) is 1. The van der Waals surface area contributed by atoms with Gasteiger partial charge in [0.2, 0.25) is 10.0 Å². The molecule has 1 heterocycles. The molecule has 1 atom stereocenters. The van der Waals surface area contributed by atoms with Gasteiger partial charge in [0.1, 0.15) is 5.69 Å². The van der Waals surface area contributed by atoms with Crippen molar-refractivity contribution >= 4 is 39.0 Å². The third-order valence-corrected chi connectivity index (χ3v) is 6.10. The Hall–Kier alpha value is -3.51. The topological polar surface area (TPSA) is 162 Å². The molecule has 0 spiro atoms. The van der Waals surface area contributed by atoms with E-state index in [1.54, 1.807) is 0 Å². The molecule has 12 heteroatoms. The van der Waals surface area contributed by atoms with Crippen molar-refractivity contribution in [3.8, 4) is 0 Å². The van der Waals surface area contributed by atoms with Crippen LogP contribution >= 0.6 is 0 Å². The standard InChI is InChI=1S/C21H24N4O7S/c1-14-4-3-9-24(12-14)18-8-7-15(10-19(18)25(28)29)21(27)32-13-20(26)23-16-5-2-6-17(11-16)33(22,30)31/h2,5-8,10-11,14H,3-4,9,12-13H2,1H3,(H,23,26)(H2,22,30,31). The maximum Gasteiger partial charge on any atom is 0.338 e. The molecule has 0 radical (unpaired) electrons. The van der Waals surface area contributed by atoms with Gasteiger partial charge in [0.15, 0.2) is 6.61 Å². The number of esters is 1. The van der Waals surface area contributed by atoms with Gasteiger partial charge in [-0.3, -0.25) is 14.9 Å². The van der Waals surface area contributed by atoms with E-state index in [1.807, 2.05) is 4.90 Å². The van der Waals surface area contributed by atoms with Crippen molar-refractivity contribution in [1.29, 1.82) is 0 Å². The third kappa shape index (κ3) is 6.26. The zero-order chi connectivity index (χ0) is 24.2. The summed E-state index contributed by atoms with van der Waals surface area (Å²) in [5.74, 6) is -1.21. The van der Waals surface area contributed by atoms with E-state index in [2.05, 4.69) is 12.2 Å². The summed E-state index contributed by atoms with van der Waals surface area (Å²) < 4.78 is 27.8. The first-order chi connectivity index (χ1) is 15.5. The number of nitrogens with two attached hydrogens (primary N) is 1. The molecule has 1 saturated heterocycles. The molecule has 0 aliphatic carbocycles. The predicted molar refractivity (Wildman–Crippen MR) is 120 cm³/mol. The van der Waals surface area contributed by atoms with Gasteiger partial charge in [-0.2, -0.15) is 0 Å². The summed E-state index contributed by atoms with van der Waals surface area (Å²) in [5, 5.41) is 19.1. The maximum absolute atomic E-state index is 12.4. The van der Waals surface area contributed by atoms with Crippen molar-refractivity contribution in [1.82, 2.24) is 0 Å². The summed E-state index contributed by atoms with van der Waals surface area (Å²) in [7, 11) is -3.94. The Balaban J connectivity index is 1.66. The van der Waals surface area contributed by atoms with Crippen LogP contribution in [0.3, 0.4) is 0 Å². The lowest BCUT2D eigenvalue weighted by atomic mass is 9.99. The lowest BCUT2D eigenvalue weighted by Crippen LogP contribution is -2.34. The van der Waals surface area contributed by atoms with Crippen LogP contribution in [0.4, 0.5) is 17.1 Å². The fourth-order valence-corrected chi connectivity index (χ4v) is 4.19. The van der Waals surface area contributed by atoms with Crippen LogP contribution in [-0.4, -0.2) is 44.9 Å². The molecular weight excluding hydrogens is 452 g/mol. The van der Waals surface area contributed by atoms with Gasteiger partial charge in [-0.1, -0.05) is 13.0 Å². The van der Waals surface area contributed by atoms with Crippen molar-refractivity contribution < 1.29 is 27.7 Å². The van der Waals surface area contributed by atoms with Gasteiger partial charge < -0.3 is 15.0 Å². The summed E-state index contributed by atoms with van der Waals surface area (Å²) in [6.07, 6.45) is 1.99. The fourth-order valence-electron chi connectivity index (χ4n) is 3.63. The van der Waals surface area contributed by atoms with Crippen molar-refractivity contribution in [2.75, 3.05) is 29.9 Å². The van der Waals surface area contributed by atoms with Crippen LogP contribution < -0.4 is 15.4 Å². The SMILES string of the molecule is CC1CCCN(c2ccc(C(=O)OCC(=O)Nc3cccc(S(N)(=O)=O)c3)cc2[N+](=O)[O-])C1. The molecule has 1 fully saturated rings. The molecule has 1 amide bonds. The normalized spacial score (nSPS) is 16.2. The Kier molecular flexibility index (Phi) is 7.29. The number of nitro groups is 1. The number of carbonyl (C=O) groups excluding carboxylic acids is 2. The Morgan fingerprint density at radius 3 is 2.70 bits per heavy atom. The summed E-state index contributed by atoms with van der Waals surface area (Å²) in [4.78, 5) is 37.3. The number of hydrogen-bond acceptors (Lipinski definition) is 8.